The molecule has 2 N–H and O–H groups in total. The predicted octanol–water partition coefficient (Wildman–Crippen LogP) is 4.30. The second-order valence-electron chi connectivity index (χ2n) is 6.07. The van der Waals surface area contributed by atoms with Crippen LogP contribution in [0.15, 0.2) is 34.1 Å². The SMILES string of the molecule is CNCc1cc(C)c2c(c1)Sc1cc(N(C)C)cc(C)c1N2. The van der Waals surface area contributed by atoms with Crippen LogP contribution in [0.4, 0.5) is 17.1 Å². The van der Waals surface area contributed by atoms with Crippen molar-refractivity contribution < 1.29 is 0 Å². The van der Waals surface area contributed by atoms with Crippen molar-refractivity contribution in [1.82, 2.24) is 5.32 Å². The summed E-state index contributed by atoms with van der Waals surface area (Å²) in [6.45, 7) is 5.26. The second-order valence-corrected chi connectivity index (χ2v) is 7.16. The second kappa shape index (κ2) is 5.86. The van der Waals surface area contributed by atoms with Gasteiger partial charge in [-0.25, -0.2) is 0 Å². The lowest BCUT2D eigenvalue weighted by Crippen LogP contribution is -2.11. The first-order valence-electron chi connectivity index (χ1n) is 7.54. The summed E-state index contributed by atoms with van der Waals surface area (Å²) in [5.41, 5.74) is 7.66. The maximum atomic E-state index is 3.65. The third-order valence-corrected chi connectivity index (χ3v) is 5.09. The van der Waals surface area contributed by atoms with Gasteiger partial charge in [-0.1, -0.05) is 17.8 Å². The molecule has 1 heterocycles. The van der Waals surface area contributed by atoms with Gasteiger partial charge >= 0.3 is 0 Å². The van der Waals surface area contributed by atoms with Crippen LogP contribution < -0.4 is 15.5 Å². The molecule has 0 saturated heterocycles. The lowest BCUT2D eigenvalue weighted by atomic mass is 10.1. The summed E-state index contributed by atoms with van der Waals surface area (Å²) in [7, 11) is 6.17. The zero-order valence-corrected chi connectivity index (χ0v) is 14.7. The molecule has 2 aromatic carbocycles. The Bertz CT molecular complexity index is 723. The van der Waals surface area contributed by atoms with Crippen molar-refractivity contribution in [1.29, 1.82) is 0 Å². The van der Waals surface area contributed by atoms with Crippen LogP contribution in [0, 0.1) is 13.8 Å². The first-order chi connectivity index (χ1) is 10.5. The number of fused-ring (bicyclic) bond motifs is 2. The maximum Gasteiger partial charge on any atom is 0.0557 e. The van der Waals surface area contributed by atoms with Crippen molar-refractivity contribution in [3.05, 3.63) is 41.0 Å². The van der Waals surface area contributed by atoms with Gasteiger partial charge in [0.1, 0.15) is 0 Å². The topological polar surface area (TPSA) is 27.3 Å². The molecule has 3 rings (SSSR count). The maximum absolute atomic E-state index is 3.65. The van der Waals surface area contributed by atoms with E-state index in [1.807, 2.05) is 18.8 Å². The van der Waals surface area contributed by atoms with Crippen molar-refractivity contribution in [2.24, 2.45) is 0 Å². The van der Waals surface area contributed by atoms with Gasteiger partial charge in [0.25, 0.3) is 0 Å². The minimum atomic E-state index is 0.901. The third-order valence-electron chi connectivity index (χ3n) is 4.01. The molecule has 0 saturated carbocycles. The molecule has 3 nitrogen and oxygen atoms in total. The molecule has 0 aromatic heterocycles. The Morgan fingerprint density at radius 2 is 1.64 bits per heavy atom. The quantitative estimate of drug-likeness (QED) is 0.754. The van der Waals surface area contributed by atoms with E-state index in [2.05, 4.69) is 67.7 Å². The monoisotopic (exact) mass is 313 g/mol. The van der Waals surface area contributed by atoms with E-state index in [4.69, 9.17) is 0 Å². The Balaban J connectivity index is 2.06. The molecule has 116 valence electrons. The number of anilines is 3. The van der Waals surface area contributed by atoms with Crippen LogP contribution in [-0.4, -0.2) is 21.1 Å². The van der Waals surface area contributed by atoms with Gasteiger partial charge in [0.2, 0.25) is 0 Å². The zero-order chi connectivity index (χ0) is 15.9. The summed E-state index contributed by atoms with van der Waals surface area (Å²) in [5.74, 6) is 0. The van der Waals surface area contributed by atoms with Crippen molar-refractivity contribution in [2.45, 2.75) is 30.2 Å². The zero-order valence-electron chi connectivity index (χ0n) is 13.9. The van der Waals surface area contributed by atoms with Gasteiger partial charge in [-0.3, -0.25) is 0 Å². The van der Waals surface area contributed by atoms with E-state index in [1.165, 1.54) is 43.5 Å². The van der Waals surface area contributed by atoms with Crippen LogP contribution in [0.5, 0.6) is 0 Å². The van der Waals surface area contributed by atoms with Gasteiger partial charge in [0, 0.05) is 36.1 Å². The van der Waals surface area contributed by atoms with Crippen LogP contribution in [0.1, 0.15) is 16.7 Å². The van der Waals surface area contributed by atoms with Crippen LogP contribution >= 0.6 is 11.8 Å². The molecule has 4 heteroatoms. The molecule has 0 amide bonds. The van der Waals surface area contributed by atoms with Gasteiger partial charge in [-0.05, 0) is 55.8 Å². The summed E-state index contributed by atoms with van der Waals surface area (Å²) < 4.78 is 0. The van der Waals surface area contributed by atoms with E-state index in [0.29, 0.717) is 0 Å². The summed E-state index contributed by atoms with van der Waals surface area (Å²) in [4.78, 5) is 4.77. The summed E-state index contributed by atoms with van der Waals surface area (Å²) in [5, 5.41) is 6.89. The fourth-order valence-electron chi connectivity index (χ4n) is 2.85. The smallest absolute Gasteiger partial charge is 0.0557 e. The normalized spacial score (nSPS) is 12.4. The largest absolute Gasteiger partial charge is 0.378 e. The molecule has 22 heavy (non-hydrogen) atoms. The summed E-state index contributed by atoms with van der Waals surface area (Å²) in [6.07, 6.45) is 0. The molecule has 0 bridgehead atoms. The lowest BCUT2D eigenvalue weighted by molar-refractivity contribution is 0.814. The highest BCUT2D eigenvalue weighted by molar-refractivity contribution is 7.99. The highest BCUT2D eigenvalue weighted by Gasteiger charge is 2.20. The van der Waals surface area contributed by atoms with Crippen LogP contribution in [-0.2, 0) is 6.54 Å². The van der Waals surface area contributed by atoms with Crippen LogP contribution in [0.2, 0.25) is 0 Å². The van der Waals surface area contributed by atoms with E-state index in [-0.39, 0.29) is 0 Å². The van der Waals surface area contributed by atoms with Crippen LogP contribution in [0.25, 0.3) is 0 Å². The molecule has 0 fully saturated rings. The fourth-order valence-corrected chi connectivity index (χ4v) is 4.11. The summed E-state index contributed by atoms with van der Waals surface area (Å²) >= 11 is 1.87. The van der Waals surface area contributed by atoms with Gasteiger partial charge in [-0.15, -0.1) is 0 Å². The van der Waals surface area contributed by atoms with E-state index in [1.54, 1.807) is 0 Å². The molecule has 0 aliphatic carbocycles. The predicted molar refractivity (Wildman–Crippen MR) is 96.9 cm³/mol. The number of hydrogen-bond acceptors (Lipinski definition) is 4. The average molecular weight is 313 g/mol. The summed E-state index contributed by atoms with van der Waals surface area (Å²) in [6, 6.07) is 9.06. The third kappa shape index (κ3) is 2.69. The number of aryl methyl sites for hydroxylation is 2. The Morgan fingerprint density at radius 3 is 2.27 bits per heavy atom. The van der Waals surface area contributed by atoms with Crippen molar-refractivity contribution >= 4 is 28.8 Å². The fraction of sp³-hybridized carbons (Fsp3) is 0.333. The van der Waals surface area contributed by atoms with Gasteiger partial charge in [0.15, 0.2) is 0 Å². The molecule has 1 aliphatic rings. The number of hydrogen-bond donors (Lipinski definition) is 2. The Labute approximate surface area is 137 Å². The van der Waals surface area contributed by atoms with Crippen molar-refractivity contribution in [2.75, 3.05) is 31.4 Å². The van der Waals surface area contributed by atoms with Crippen molar-refractivity contribution in [3.8, 4) is 0 Å². The minimum Gasteiger partial charge on any atom is -0.378 e. The molecule has 0 spiro atoms. The van der Waals surface area contributed by atoms with Gasteiger partial charge in [-0.2, -0.15) is 0 Å². The minimum absolute atomic E-state index is 0.901. The number of nitrogens with one attached hydrogen (secondary N) is 2. The van der Waals surface area contributed by atoms with E-state index in [9.17, 15) is 0 Å². The highest BCUT2D eigenvalue weighted by atomic mass is 32.2. The lowest BCUT2D eigenvalue weighted by Gasteiger charge is -2.26. The van der Waals surface area contributed by atoms with Gasteiger partial charge < -0.3 is 15.5 Å². The van der Waals surface area contributed by atoms with Crippen LogP contribution in [0.3, 0.4) is 0 Å². The molecule has 0 atom stereocenters. The first kappa shape index (κ1) is 15.3. The molecule has 0 radical (unpaired) electrons. The van der Waals surface area contributed by atoms with E-state index >= 15 is 0 Å². The first-order valence-corrected chi connectivity index (χ1v) is 8.36. The number of benzene rings is 2. The van der Waals surface area contributed by atoms with E-state index in [0.717, 1.165) is 6.54 Å². The van der Waals surface area contributed by atoms with Gasteiger partial charge in [0.05, 0.1) is 11.4 Å². The number of nitrogens with zero attached hydrogens (tertiary/aromatic N) is 1. The molecule has 2 aromatic rings. The standard InChI is InChI=1S/C18H23N3S/c1-11-6-13(10-19-3)8-15-17(11)20-18-12(2)7-14(21(4)5)9-16(18)22-15/h6-9,19-20H,10H2,1-5H3. The molecule has 1 aliphatic heterocycles. The molecular weight excluding hydrogens is 290 g/mol. The average Bonchev–Trinajstić information content (AvgIpc) is 2.46. The number of rotatable bonds is 3. The van der Waals surface area contributed by atoms with Crippen molar-refractivity contribution in [3.63, 3.8) is 0 Å². The van der Waals surface area contributed by atoms with E-state index < -0.39 is 0 Å². The molecule has 0 unspecified atom stereocenters. The Morgan fingerprint density at radius 1 is 1.00 bits per heavy atom. The highest BCUT2D eigenvalue weighted by Crippen LogP contribution is 2.48. The Kier molecular flexibility index (Phi) is 4.06. The molecular formula is C18H23N3S. The Hall–Kier alpha value is -1.65.